The van der Waals surface area contributed by atoms with E-state index in [9.17, 15) is 8.42 Å². The summed E-state index contributed by atoms with van der Waals surface area (Å²) in [6.07, 6.45) is 2.11. The first kappa shape index (κ1) is 17.3. The van der Waals surface area contributed by atoms with Gasteiger partial charge in [0.15, 0.2) is 0 Å². The number of benzene rings is 1. The molecule has 6 heteroatoms. The van der Waals surface area contributed by atoms with E-state index in [1.54, 1.807) is 18.9 Å². The molecule has 2 unspecified atom stereocenters. The Morgan fingerprint density at radius 3 is 2.35 bits per heavy atom. The average Bonchev–Trinajstić information content (AvgIpc) is 2.42. The molecule has 1 aromatic carbocycles. The quantitative estimate of drug-likeness (QED) is 0.796. The third-order valence-corrected chi connectivity index (χ3v) is 5.68. The van der Waals surface area contributed by atoms with Gasteiger partial charge in [0, 0.05) is 23.3 Å². The summed E-state index contributed by atoms with van der Waals surface area (Å²) in [5.41, 5.74) is 7.28. The molecule has 0 saturated carbocycles. The first-order valence-electron chi connectivity index (χ1n) is 6.56. The van der Waals surface area contributed by atoms with Crippen LogP contribution < -0.4 is 10.5 Å². The zero-order valence-electron chi connectivity index (χ0n) is 12.2. The molecule has 2 atom stereocenters. The van der Waals surface area contributed by atoms with E-state index >= 15 is 0 Å². The van der Waals surface area contributed by atoms with Crippen LogP contribution in [0.4, 0.5) is 0 Å². The smallest absolute Gasteiger partial charge is 0.148 e. The molecule has 0 aromatic heterocycles. The van der Waals surface area contributed by atoms with Crippen molar-refractivity contribution >= 4 is 21.6 Å². The zero-order valence-corrected chi connectivity index (χ0v) is 13.8. The normalized spacial score (nSPS) is 14.8. The van der Waals surface area contributed by atoms with Crippen LogP contribution in [0.25, 0.3) is 0 Å². The third kappa shape index (κ3) is 5.73. The minimum atomic E-state index is -2.93. The molecule has 4 nitrogen and oxygen atoms in total. The van der Waals surface area contributed by atoms with Gasteiger partial charge in [-0.1, -0.05) is 19.1 Å². The van der Waals surface area contributed by atoms with Crippen molar-refractivity contribution in [1.82, 2.24) is 0 Å². The van der Waals surface area contributed by atoms with Crippen LogP contribution in [0.2, 0.25) is 0 Å². The van der Waals surface area contributed by atoms with Gasteiger partial charge in [-0.05, 0) is 24.1 Å². The van der Waals surface area contributed by atoms with Crippen molar-refractivity contribution in [3.8, 4) is 5.75 Å². The highest BCUT2D eigenvalue weighted by molar-refractivity contribution is 8.00. The lowest BCUT2D eigenvalue weighted by Crippen LogP contribution is -2.26. The maximum Gasteiger partial charge on any atom is 0.148 e. The summed E-state index contributed by atoms with van der Waals surface area (Å²) in [4.78, 5) is 0. The van der Waals surface area contributed by atoms with E-state index in [0.29, 0.717) is 5.75 Å². The maximum atomic E-state index is 11.2. The first-order valence-corrected chi connectivity index (χ1v) is 9.67. The number of rotatable bonds is 8. The van der Waals surface area contributed by atoms with Gasteiger partial charge in [-0.25, -0.2) is 8.42 Å². The van der Waals surface area contributed by atoms with Crippen LogP contribution in [0.5, 0.6) is 5.75 Å². The molecule has 2 N–H and O–H groups in total. The second-order valence-electron chi connectivity index (χ2n) is 4.77. The van der Waals surface area contributed by atoms with Crippen LogP contribution >= 0.6 is 11.8 Å². The molecule has 1 rings (SSSR count). The second-order valence-corrected chi connectivity index (χ2v) is 8.28. The molecule has 1 aromatic rings. The fraction of sp³-hybridized carbons (Fsp3) is 0.571. The number of sulfone groups is 1. The summed E-state index contributed by atoms with van der Waals surface area (Å²) in [5.74, 6) is 1.54. The second kappa shape index (κ2) is 7.90. The molecule has 0 bridgehead atoms. The Balaban J connectivity index is 2.77. The fourth-order valence-corrected chi connectivity index (χ4v) is 4.44. The van der Waals surface area contributed by atoms with E-state index in [2.05, 4.69) is 0 Å². The Hall–Kier alpha value is -0.720. The van der Waals surface area contributed by atoms with Crippen molar-refractivity contribution in [3.05, 3.63) is 29.8 Å². The molecule has 0 aliphatic carbocycles. The summed E-state index contributed by atoms with van der Waals surface area (Å²) in [6.45, 7) is 2.04. The number of thioether (sulfide) groups is 1. The van der Waals surface area contributed by atoms with Crippen molar-refractivity contribution < 1.29 is 13.2 Å². The minimum Gasteiger partial charge on any atom is -0.497 e. The number of hydrogen-bond acceptors (Lipinski definition) is 5. The van der Waals surface area contributed by atoms with E-state index in [-0.39, 0.29) is 17.0 Å². The van der Waals surface area contributed by atoms with Crippen LogP contribution in [0.1, 0.15) is 24.2 Å². The molecule has 0 fully saturated rings. The summed E-state index contributed by atoms with van der Waals surface area (Å²) < 4.78 is 27.6. The Morgan fingerprint density at radius 2 is 1.90 bits per heavy atom. The topological polar surface area (TPSA) is 69.4 Å². The first-order chi connectivity index (χ1) is 9.37. The largest absolute Gasteiger partial charge is 0.497 e. The van der Waals surface area contributed by atoms with Crippen molar-refractivity contribution in [2.75, 3.05) is 24.9 Å². The zero-order chi connectivity index (χ0) is 15.2. The highest BCUT2D eigenvalue weighted by Crippen LogP contribution is 2.33. The van der Waals surface area contributed by atoms with E-state index in [1.807, 2.05) is 31.2 Å². The van der Waals surface area contributed by atoms with Crippen LogP contribution in [-0.4, -0.2) is 39.3 Å². The lowest BCUT2D eigenvalue weighted by molar-refractivity contribution is 0.414. The number of ether oxygens (including phenoxy) is 1. The van der Waals surface area contributed by atoms with Crippen LogP contribution in [0.3, 0.4) is 0 Å². The Kier molecular flexibility index (Phi) is 6.85. The number of methoxy groups -OCH3 is 1. The molecule has 0 amide bonds. The van der Waals surface area contributed by atoms with Gasteiger partial charge >= 0.3 is 0 Å². The third-order valence-electron chi connectivity index (χ3n) is 3.06. The van der Waals surface area contributed by atoms with Crippen LogP contribution in [0.15, 0.2) is 24.3 Å². The van der Waals surface area contributed by atoms with Crippen molar-refractivity contribution in [3.63, 3.8) is 0 Å². The highest BCUT2D eigenvalue weighted by Gasteiger charge is 2.19. The van der Waals surface area contributed by atoms with E-state index in [4.69, 9.17) is 10.5 Å². The SMILES string of the molecule is CCC(N)C(SCCS(C)(=O)=O)c1ccc(OC)cc1. The summed E-state index contributed by atoms with van der Waals surface area (Å²) in [5, 5.41) is 0.104. The van der Waals surface area contributed by atoms with Gasteiger partial charge in [0.1, 0.15) is 15.6 Å². The lowest BCUT2D eigenvalue weighted by atomic mass is 10.0. The number of hydrogen-bond donors (Lipinski definition) is 1. The maximum absolute atomic E-state index is 11.2. The molecule has 0 heterocycles. The molecule has 0 spiro atoms. The van der Waals surface area contributed by atoms with Crippen LogP contribution in [0, 0.1) is 0 Å². The number of nitrogens with two attached hydrogens (primary N) is 1. The van der Waals surface area contributed by atoms with E-state index < -0.39 is 9.84 Å². The Morgan fingerprint density at radius 1 is 1.30 bits per heavy atom. The van der Waals surface area contributed by atoms with Crippen molar-refractivity contribution in [2.24, 2.45) is 5.73 Å². The van der Waals surface area contributed by atoms with Gasteiger partial charge < -0.3 is 10.5 Å². The minimum absolute atomic E-state index is 0.00737. The molecule has 0 saturated heterocycles. The van der Waals surface area contributed by atoms with E-state index in [0.717, 1.165) is 17.7 Å². The van der Waals surface area contributed by atoms with Gasteiger partial charge in [-0.15, -0.1) is 0 Å². The monoisotopic (exact) mass is 317 g/mol. The Labute approximate surface area is 126 Å². The van der Waals surface area contributed by atoms with Gasteiger partial charge in [0.25, 0.3) is 0 Å². The molecule has 114 valence electrons. The predicted molar refractivity (Wildman–Crippen MR) is 86.2 cm³/mol. The molecule has 20 heavy (non-hydrogen) atoms. The van der Waals surface area contributed by atoms with Gasteiger partial charge in [-0.2, -0.15) is 11.8 Å². The predicted octanol–water partition coefficient (Wildman–Crippen LogP) is 2.25. The molecule has 0 radical (unpaired) electrons. The highest BCUT2D eigenvalue weighted by atomic mass is 32.2. The van der Waals surface area contributed by atoms with Gasteiger partial charge in [-0.3, -0.25) is 0 Å². The van der Waals surface area contributed by atoms with Crippen molar-refractivity contribution in [1.29, 1.82) is 0 Å². The average molecular weight is 317 g/mol. The van der Waals surface area contributed by atoms with Gasteiger partial charge in [0.2, 0.25) is 0 Å². The van der Waals surface area contributed by atoms with E-state index in [1.165, 1.54) is 6.26 Å². The standard InChI is InChI=1S/C14H23NO3S2/c1-4-13(15)14(19-9-10-20(3,16)17)11-5-7-12(18-2)8-6-11/h5-8,13-14H,4,9-10,15H2,1-3H3. The van der Waals surface area contributed by atoms with Crippen molar-refractivity contribution in [2.45, 2.75) is 24.6 Å². The Bertz CT molecular complexity index is 500. The molecular weight excluding hydrogens is 294 g/mol. The summed E-state index contributed by atoms with van der Waals surface area (Å²) >= 11 is 1.60. The lowest BCUT2D eigenvalue weighted by Gasteiger charge is -2.23. The summed E-state index contributed by atoms with van der Waals surface area (Å²) in [7, 11) is -1.30. The molecule has 0 aliphatic heterocycles. The van der Waals surface area contributed by atoms with Gasteiger partial charge in [0.05, 0.1) is 12.9 Å². The van der Waals surface area contributed by atoms with Crippen LogP contribution in [-0.2, 0) is 9.84 Å². The molecular formula is C14H23NO3S2. The summed E-state index contributed by atoms with van der Waals surface area (Å²) in [6, 6.07) is 7.80. The fourth-order valence-electron chi connectivity index (χ4n) is 1.80. The molecule has 0 aliphatic rings.